The lowest BCUT2D eigenvalue weighted by Crippen LogP contribution is -2.38. The topological polar surface area (TPSA) is 137 Å². The Bertz CT molecular complexity index is 1730. The number of aliphatic hydroxyl groups is 1. The van der Waals surface area contributed by atoms with E-state index >= 15 is 0 Å². The van der Waals surface area contributed by atoms with E-state index in [0.717, 1.165) is 32.8 Å². The van der Waals surface area contributed by atoms with E-state index < -0.39 is 18.2 Å². The minimum absolute atomic E-state index is 0.0272. The van der Waals surface area contributed by atoms with E-state index in [4.69, 9.17) is 15.2 Å². The smallest absolute Gasteiger partial charge is 0.346 e. The van der Waals surface area contributed by atoms with Crippen molar-refractivity contribution in [2.45, 2.75) is 43.5 Å². The number of benzene rings is 4. The summed E-state index contributed by atoms with van der Waals surface area (Å²) in [6.07, 6.45) is -1.01. The SMILES string of the molecule is CC1C(CSc2ccccc2N)OC(c2ccc(CNC(=O)c3ccc4c(c3)C(=O)OC4=O)cc2)OC1c1ccc(CO)cc1. The summed E-state index contributed by atoms with van der Waals surface area (Å²) in [5, 5.41) is 12.4. The van der Waals surface area contributed by atoms with Crippen molar-refractivity contribution in [3.8, 4) is 0 Å². The van der Waals surface area contributed by atoms with Gasteiger partial charge in [0, 0.05) is 39.9 Å². The highest BCUT2D eigenvalue weighted by atomic mass is 32.2. The first-order chi connectivity index (χ1) is 21.8. The van der Waals surface area contributed by atoms with Gasteiger partial charge in [0.25, 0.3) is 5.91 Å². The van der Waals surface area contributed by atoms with Gasteiger partial charge in [-0.3, -0.25) is 4.79 Å². The van der Waals surface area contributed by atoms with Gasteiger partial charge in [0.15, 0.2) is 6.29 Å². The molecular formula is C35H32N2O7S. The number of thioether (sulfide) groups is 1. The molecule has 0 saturated carbocycles. The van der Waals surface area contributed by atoms with Gasteiger partial charge < -0.3 is 30.4 Å². The zero-order valence-corrected chi connectivity index (χ0v) is 25.3. The van der Waals surface area contributed by atoms with Gasteiger partial charge in [-0.2, -0.15) is 0 Å². The largest absolute Gasteiger partial charge is 0.398 e. The molecule has 2 heterocycles. The predicted octanol–water partition coefficient (Wildman–Crippen LogP) is 5.59. The van der Waals surface area contributed by atoms with Crippen LogP contribution in [0.5, 0.6) is 0 Å². The minimum Gasteiger partial charge on any atom is -0.398 e. The van der Waals surface area contributed by atoms with Gasteiger partial charge in [0.1, 0.15) is 0 Å². The first-order valence-electron chi connectivity index (χ1n) is 14.6. The molecule has 0 radical (unpaired) electrons. The third kappa shape index (κ3) is 6.64. The third-order valence-corrected chi connectivity index (χ3v) is 9.24. The summed E-state index contributed by atoms with van der Waals surface area (Å²) < 4.78 is 17.7. The normalized spacial score (nSPS) is 20.8. The molecule has 45 heavy (non-hydrogen) atoms. The number of hydrogen-bond acceptors (Lipinski definition) is 9. The zero-order chi connectivity index (χ0) is 31.5. The summed E-state index contributed by atoms with van der Waals surface area (Å²) in [5.41, 5.74) is 11.0. The van der Waals surface area contributed by atoms with Crippen LogP contribution in [0.25, 0.3) is 0 Å². The number of amides is 1. The standard InChI is InChI=1S/C35H32N2O7S/c1-20-29(19-45-30-5-3-2-4-28(30)36)42-35(43-31(20)23-10-8-22(18-38)9-11-23)24-12-6-21(7-13-24)17-37-32(39)25-14-15-26-27(16-25)34(41)44-33(26)40/h2-16,20,29,31,35,38H,17-19,36H2,1H3,(H,37,39). The molecular weight excluding hydrogens is 592 g/mol. The lowest BCUT2D eigenvalue weighted by Gasteiger charge is -2.41. The number of para-hydroxylation sites is 1. The van der Waals surface area contributed by atoms with E-state index in [2.05, 4.69) is 17.0 Å². The number of esters is 2. The first kappa shape index (κ1) is 30.5. The summed E-state index contributed by atoms with van der Waals surface area (Å²) in [4.78, 5) is 37.3. The Kier molecular flexibility index (Phi) is 8.99. The number of carbonyl (C=O) groups excluding carboxylic acids is 3. The van der Waals surface area contributed by atoms with Crippen LogP contribution in [0.1, 0.15) is 72.6 Å². The van der Waals surface area contributed by atoms with Crippen LogP contribution in [0.2, 0.25) is 0 Å². The van der Waals surface area contributed by atoms with Crippen LogP contribution in [0.4, 0.5) is 5.69 Å². The van der Waals surface area contributed by atoms with Gasteiger partial charge in [-0.25, -0.2) is 9.59 Å². The Morgan fingerprint density at radius 2 is 1.56 bits per heavy atom. The fourth-order valence-electron chi connectivity index (χ4n) is 5.40. The third-order valence-electron chi connectivity index (χ3n) is 8.06. The number of rotatable bonds is 9. The van der Waals surface area contributed by atoms with Gasteiger partial charge in [-0.1, -0.05) is 67.6 Å². The highest BCUT2D eigenvalue weighted by molar-refractivity contribution is 7.99. The molecule has 10 heteroatoms. The molecule has 4 unspecified atom stereocenters. The maximum absolute atomic E-state index is 12.8. The predicted molar refractivity (Wildman–Crippen MR) is 168 cm³/mol. The maximum Gasteiger partial charge on any atom is 0.346 e. The number of nitrogen functional groups attached to an aromatic ring is 1. The van der Waals surface area contributed by atoms with Crippen LogP contribution in [0.3, 0.4) is 0 Å². The van der Waals surface area contributed by atoms with Crippen molar-refractivity contribution < 1.29 is 33.7 Å². The summed E-state index contributed by atoms with van der Waals surface area (Å²) in [6, 6.07) is 27.5. The van der Waals surface area contributed by atoms with Crippen molar-refractivity contribution in [3.05, 3.63) is 130 Å². The van der Waals surface area contributed by atoms with Crippen molar-refractivity contribution in [1.82, 2.24) is 5.32 Å². The Morgan fingerprint density at radius 3 is 2.29 bits per heavy atom. The molecule has 4 aromatic rings. The Morgan fingerprint density at radius 1 is 0.867 bits per heavy atom. The lowest BCUT2D eigenvalue weighted by atomic mass is 9.91. The second-order valence-corrected chi connectivity index (χ2v) is 12.1. The molecule has 2 aliphatic rings. The molecule has 4 aromatic carbocycles. The number of fused-ring (bicyclic) bond motifs is 1. The van der Waals surface area contributed by atoms with Crippen LogP contribution in [0.15, 0.2) is 95.9 Å². The van der Waals surface area contributed by atoms with Crippen LogP contribution < -0.4 is 11.1 Å². The van der Waals surface area contributed by atoms with E-state index in [9.17, 15) is 19.5 Å². The molecule has 4 atom stereocenters. The second kappa shape index (κ2) is 13.3. The summed E-state index contributed by atoms with van der Waals surface area (Å²) in [6.45, 7) is 2.34. The molecule has 9 nitrogen and oxygen atoms in total. The number of ether oxygens (including phenoxy) is 3. The lowest BCUT2D eigenvalue weighted by molar-refractivity contribution is -0.268. The van der Waals surface area contributed by atoms with Crippen LogP contribution in [-0.4, -0.2) is 34.8 Å². The minimum atomic E-state index is -0.753. The molecule has 230 valence electrons. The molecule has 0 aromatic heterocycles. The maximum atomic E-state index is 12.8. The van der Waals surface area contributed by atoms with E-state index in [-0.39, 0.29) is 53.9 Å². The highest BCUT2D eigenvalue weighted by Gasteiger charge is 2.38. The number of aliphatic hydroxyl groups excluding tert-OH is 1. The molecule has 0 bridgehead atoms. The molecule has 1 saturated heterocycles. The molecule has 1 fully saturated rings. The van der Waals surface area contributed by atoms with Crippen molar-refractivity contribution in [3.63, 3.8) is 0 Å². The second-order valence-electron chi connectivity index (χ2n) is 11.0. The summed E-state index contributed by atoms with van der Waals surface area (Å²) >= 11 is 1.65. The zero-order valence-electron chi connectivity index (χ0n) is 24.5. The summed E-state index contributed by atoms with van der Waals surface area (Å²) in [5.74, 6) is -1.13. The fourth-order valence-corrected chi connectivity index (χ4v) is 6.53. The number of nitrogens with one attached hydrogen (secondary N) is 1. The molecule has 4 N–H and O–H groups in total. The number of nitrogens with two attached hydrogens (primary N) is 1. The highest BCUT2D eigenvalue weighted by Crippen LogP contribution is 2.43. The Balaban J connectivity index is 1.15. The van der Waals surface area contributed by atoms with Crippen LogP contribution in [-0.2, 0) is 27.4 Å². The van der Waals surface area contributed by atoms with Crippen LogP contribution in [0, 0.1) is 5.92 Å². The fraction of sp³-hybridized carbons (Fsp3) is 0.229. The Hall–Kier alpha value is -4.48. The van der Waals surface area contributed by atoms with Crippen LogP contribution >= 0.6 is 11.8 Å². The van der Waals surface area contributed by atoms with Gasteiger partial charge in [0.05, 0.1) is 29.9 Å². The van der Waals surface area contributed by atoms with Crippen molar-refractivity contribution in [2.24, 2.45) is 5.92 Å². The summed E-state index contributed by atoms with van der Waals surface area (Å²) in [7, 11) is 0. The quantitative estimate of drug-likeness (QED) is 0.0943. The van der Waals surface area contributed by atoms with Crippen molar-refractivity contribution in [1.29, 1.82) is 0 Å². The number of cyclic esters (lactones) is 2. The monoisotopic (exact) mass is 624 g/mol. The molecule has 0 aliphatic carbocycles. The number of carbonyl (C=O) groups is 3. The molecule has 0 spiro atoms. The van der Waals surface area contributed by atoms with Gasteiger partial charge in [-0.05, 0) is 47.0 Å². The number of hydrogen-bond donors (Lipinski definition) is 3. The van der Waals surface area contributed by atoms with E-state index in [1.807, 2.05) is 72.8 Å². The van der Waals surface area contributed by atoms with Crippen molar-refractivity contribution >= 4 is 35.3 Å². The van der Waals surface area contributed by atoms with Gasteiger partial charge in [-0.15, -0.1) is 11.8 Å². The molecule has 1 amide bonds. The van der Waals surface area contributed by atoms with Gasteiger partial charge >= 0.3 is 11.9 Å². The van der Waals surface area contributed by atoms with E-state index in [1.54, 1.807) is 11.8 Å². The Labute approximate surface area is 264 Å². The van der Waals surface area contributed by atoms with Gasteiger partial charge in [0.2, 0.25) is 0 Å². The van der Waals surface area contributed by atoms with E-state index in [0.29, 0.717) is 5.75 Å². The molecule has 6 rings (SSSR count). The van der Waals surface area contributed by atoms with E-state index in [1.165, 1.54) is 18.2 Å². The van der Waals surface area contributed by atoms with Crippen molar-refractivity contribution in [2.75, 3.05) is 11.5 Å². The number of anilines is 1. The first-order valence-corrected chi connectivity index (χ1v) is 15.5. The average molecular weight is 625 g/mol. The average Bonchev–Trinajstić information content (AvgIpc) is 3.36. The molecule has 2 aliphatic heterocycles.